The molecular weight excluding hydrogens is 428 g/mol. The molecule has 6 rings (SSSR count). The quantitative estimate of drug-likeness (QED) is 0.345. The van der Waals surface area contributed by atoms with Crippen LogP contribution in [0.5, 0.6) is 0 Å². The minimum Gasteiger partial charge on any atom is -0.452 e. The van der Waals surface area contributed by atoms with Gasteiger partial charge in [0.1, 0.15) is 5.52 Å². The standard InChI is InChI=1S/C28H20N2O4/c31-25(30-16-15-18-7-1-3-13-23(18)30)17-33-28(32)21-11-6-9-19-8-5-10-20(26(19)21)27-29-22-12-2-4-14-24(22)34-27/h1-14H,15-17H2. The lowest BCUT2D eigenvalue weighted by Gasteiger charge is -2.17. The number of hydrogen-bond donors (Lipinski definition) is 0. The molecule has 166 valence electrons. The SMILES string of the molecule is O=C(OCC(=O)N1CCc2ccccc21)c1cccc2cccc(-c3nc4ccccc4o3)c12. The van der Waals surface area contributed by atoms with Crippen molar-refractivity contribution < 1.29 is 18.7 Å². The summed E-state index contributed by atoms with van der Waals surface area (Å²) in [5, 5.41) is 1.54. The number of oxazole rings is 1. The number of nitrogens with zero attached hydrogens (tertiary/aromatic N) is 2. The summed E-state index contributed by atoms with van der Waals surface area (Å²) in [6, 6.07) is 26.4. The second-order valence-corrected chi connectivity index (χ2v) is 8.20. The zero-order valence-corrected chi connectivity index (χ0v) is 18.2. The zero-order valence-electron chi connectivity index (χ0n) is 18.2. The lowest BCUT2D eigenvalue weighted by molar-refractivity contribution is -0.121. The molecule has 1 aromatic heterocycles. The first-order valence-electron chi connectivity index (χ1n) is 11.1. The highest BCUT2D eigenvalue weighted by Crippen LogP contribution is 2.33. The van der Waals surface area contributed by atoms with E-state index in [1.165, 1.54) is 0 Å². The number of ether oxygens (including phenoxy) is 1. The summed E-state index contributed by atoms with van der Waals surface area (Å²) in [5.41, 5.74) is 4.48. The summed E-state index contributed by atoms with van der Waals surface area (Å²) >= 11 is 0. The van der Waals surface area contributed by atoms with Crippen molar-refractivity contribution in [2.75, 3.05) is 18.1 Å². The molecule has 1 aliphatic rings. The average molecular weight is 448 g/mol. The summed E-state index contributed by atoms with van der Waals surface area (Å²) < 4.78 is 11.5. The zero-order chi connectivity index (χ0) is 23.1. The largest absolute Gasteiger partial charge is 0.452 e. The summed E-state index contributed by atoms with van der Waals surface area (Å²) in [7, 11) is 0. The number of para-hydroxylation sites is 3. The van der Waals surface area contributed by atoms with Gasteiger partial charge in [-0.1, -0.05) is 54.6 Å². The van der Waals surface area contributed by atoms with E-state index in [2.05, 4.69) is 4.98 Å². The molecule has 34 heavy (non-hydrogen) atoms. The number of amides is 1. The van der Waals surface area contributed by atoms with Crippen LogP contribution in [0.4, 0.5) is 5.69 Å². The second-order valence-electron chi connectivity index (χ2n) is 8.20. The van der Waals surface area contributed by atoms with Crippen LogP contribution in [0.1, 0.15) is 15.9 Å². The van der Waals surface area contributed by atoms with Gasteiger partial charge in [-0.15, -0.1) is 0 Å². The van der Waals surface area contributed by atoms with Crippen LogP contribution >= 0.6 is 0 Å². The molecule has 2 heterocycles. The molecule has 6 heteroatoms. The van der Waals surface area contributed by atoms with Gasteiger partial charge in [0.25, 0.3) is 5.91 Å². The van der Waals surface area contributed by atoms with Crippen molar-refractivity contribution in [3.8, 4) is 11.5 Å². The fourth-order valence-corrected chi connectivity index (χ4v) is 4.56. The van der Waals surface area contributed by atoms with E-state index in [4.69, 9.17) is 9.15 Å². The minimum atomic E-state index is -0.560. The van der Waals surface area contributed by atoms with E-state index in [1.54, 1.807) is 17.0 Å². The number of benzene rings is 4. The molecule has 0 bridgehead atoms. The highest BCUT2D eigenvalue weighted by atomic mass is 16.5. The molecule has 5 aromatic rings. The molecule has 0 radical (unpaired) electrons. The number of hydrogen-bond acceptors (Lipinski definition) is 5. The molecule has 1 aliphatic heterocycles. The van der Waals surface area contributed by atoms with Gasteiger partial charge in [-0.3, -0.25) is 4.79 Å². The van der Waals surface area contributed by atoms with Crippen molar-refractivity contribution >= 4 is 39.4 Å². The van der Waals surface area contributed by atoms with E-state index < -0.39 is 5.97 Å². The van der Waals surface area contributed by atoms with Crippen LogP contribution in [0.25, 0.3) is 33.3 Å². The normalized spacial score (nSPS) is 12.8. The number of carbonyl (C=O) groups is 2. The number of esters is 1. The predicted molar refractivity (Wildman–Crippen MR) is 130 cm³/mol. The van der Waals surface area contributed by atoms with Crippen LogP contribution in [0, 0.1) is 0 Å². The summed E-state index contributed by atoms with van der Waals surface area (Å²) in [6.07, 6.45) is 0.799. The monoisotopic (exact) mass is 448 g/mol. The van der Waals surface area contributed by atoms with Gasteiger partial charge in [0.05, 0.1) is 5.56 Å². The van der Waals surface area contributed by atoms with Crippen molar-refractivity contribution in [1.29, 1.82) is 0 Å². The van der Waals surface area contributed by atoms with Crippen LogP contribution in [-0.4, -0.2) is 30.0 Å². The summed E-state index contributed by atoms with van der Waals surface area (Å²) in [5.74, 6) is -0.371. The van der Waals surface area contributed by atoms with Crippen molar-refractivity contribution in [2.45, 2.75) is 6.42 Å². The maximum Gasteiger partial charge on any atom is 0.339 e. The van der Waals surface area contributed by atoms with Gasteiger partial charge in [-0.2, -0.15) is 0 Å². The molecule has 4 aromatic carbocycles. The van der Waals surface area contributed by atoms with E-state index in [1.807, 2.05) is 72.8 Å². The Bertz CT molecular complexity index is 1530. The molecule has 0 spiro atoms. The van der Waals surface area contributed by atoms with Gasteiger partial charge in [-0.25, -0.2) is 9.78 Å². The minimum absolute atomic E-state index is 0.238. The van der Waals surface area contributed by atoms with Crippen LogP contribution in [0.15, 0.2) is 89.3 Å². The maximum atomic E-state index is 13.1. The van der Waals surface area contributed by atoms with Crippen molar-refractivity contribution in [1.82, 2.24) is 4.98 Å². The lowest BCUT2D eigenvalue weighted by Crippen LogP contribution is -2.33. The molecule has 0 unspecified atom stereocenters. The Morgan fingerprint density at radius 1 is 0.912 bits per heavy atom. The molecule has 1 amide bonds. The van der Waals surface area contributed by atoms with Gasteiger partial charge in [0.15, 0.2) is 12.2 Å². The van der Waals surface area contributed by atoms with Crippen LogP contribution < -0.4 is 4.90 Å². The third kappa shape index (κ3) is 3.40. The predicted octanol–water partition coefficient (Wildman–Crippen LogP) is 5.39. The molecule has 0 saturated heterocycles. The maximum absolute atomic E-state index is 13.1. The fourth-order valence-electron chi connectivity index (χ4n) is 4.56. The molecule has 0 saturated carbocycles. The fraction of sp³-hybridized carbons (Fsp3) is 0.107. The number of fused-ring (bicyclic) bond motifs is 3. The van der Waals surface area contributed by atoms with Crippen molar-refractivity contribution in [2.24, 2.45) is 0 Å². The molecule has 0 atom stereocenters. The number of aromatic nitrogens is 1. The van der Waals surface area contributed by atoms with Crippen molar-refractivity contribution in [3.05, 3.63) is 96.1 Å². The van der Waals surface area contributed by atoms with E-state index in [9.17, 15) is 9.59 Å². The first kappa shape index (κ1) is 20.2. The Labute approximate surface area is 195 Å². The second kappa shape index (κ2) is 8.15. The van der Waals surface area contributed by atoms with Gasteiger partial charge in [0, 0.05) is 23.2 Å². The third-order valence-electron chi connectivity index (χ3n) is 6.16. The number of carbonyl (C=O) groups excluding carboxylic acids is 2. The molecular formula is C28H20N2O4. The van der Waals surface area contributed by atoms with Crippen molar-refractivity contribution in [3.63, 3.8) is 0 Å². The Morgan fingerprint density at radius 2 is 1.71 bits per heavy atom. The summed E-state index contributed by atoms with van der Waals surface area (Å²) in [6.45, 7) is 0.264. The van der Waals surface area contributed by atoms with Crippen LogP contribution in [0.3, 0.4) is 0 Å². The number of rotatable bonds is 4. The first-order valence-corrected chi connectivity index (χ1v) is 11.1. The Balaban J connectivity index is 1.31. The van der Waals surface area contributed by atoms with Gasteiger partial charge >= 0.3 is 5.97 Å². The molecule has 0 N–H and O–H groups in total. The molecule has 0 aliphatic carbocycles. The van der Waals surface area contributed by atoms with E-state index in [0.29, 0.717) is 34.5 Å². The Kier molecular flexibility index (Phi) is 4.84. The van der Waals surface area contributed by atoms with Crippen LogP contribution in [-0.2, 0) is 16.0 Å². The first-order chi connectivity index (χ1) is 16.7. The number of anilines is 1. The Morgan fingerprint density at radius 3 is 2.59 bits per heavy atom. The van der Waals surface area contributed by atoms with Gasteiger partial charge < -0.3 is 14.1 Å². The highest BCUT2D eigenvalue weighted by Gasteiger charge is 2.26. The third-order valence-corrected chi connectivity index (χ3v) is 6.16. The van der Waals surface area contributed by atoms with E-state index in [-0.39, 0.29) is 12.5 Å². The summed E-state index contributed by atoms with van der Waals surface area (Å²) in [4.78, 5) is 32.2. The molecule has 6 nitrogen and oxygen atoms in total. The Hall–Kier alpha value is -4.45. The van der Waals surface area contributed by atoms with E-state index >= 15 is 0 Å². The topological polar surface area (TPSA) is 72.6 Å². The average Bonchev–Trinajstić information content (AvgIpc) is 3.51. The smallest absolute Gasteiger partial charge is 0.339 e. The van der Waals surface area contributed by atoms with Gasteiger partial charge in [-0.05, 0) is 47.7 Å². The van der Waals surface area contributed by atoms with E-state index in [0.717, 1.165) is 28.6 Å². The van der Waals surface area contributed by atoms with Gasteiger partial charge in [0.2, 0.25) is 5.89 Å². The lowest BCUT2D eigenvalue weighted by atomic mass is 9.99. The highest BCUT2D eigenvalue weighted by molar-refractivity contribution is 6.10. The molecule has 0 fully saturated rings. The van der Waals surface area contributed by atoms with Crippen LogP contribution in [0.2, 0.25) is 0 Å².